The molecule has 0 saturated heterocycles. The highest BCUT2D eigenvalue weighted by Gasteiger charge is 2.30. The highest BCUT2D eigenvalue weighted by atomic mass is 16.3. The third-order valence-electron chi connectivity index (χ3n) is 3.85. The Hall–Kier alpha value is -1.35. The van der Waals surface area contributed by atoms with Crippen molar-refractivity contribution in [2.24, 2.45) is 5.41 Å². The topological polar surface area (TPSA) is 57.5 Å². The predicted octanol–water partition coefficient (Wildman–Crippen LogP) is 2.66. The van der Waals surface area contributed by atoms with Gasteiger partial charge in [0.1, 0.15) is 0 Å². The number of hydrogen-bond donors (Lipinski definition) is 2. The lowest BCUT2D eigenvalue weighted by Gasteiger charge is -2.15. The van der Waals surface area contributed by atoms with Crippen LogP contribution in [0.1, 0.15) is 41.7 Å². The number of fused-ring (bicyclic) bond motifs is 1. The Balaban J connectivity index is 0.000000550. The van der Waals surface area contributed by atoms with E-state index in [2.05, 4.69) is 33.8 Å². The summed E-state index contributed by atoms with van der Waals surface area (Å²) in [4.78, 5) is 8.36. The summed E-state index contributed by atoms with van der Waals surface area (Å²) in [7, 11) is 0. The first-order valence-electron chi connectivity index (χ1n) is 6.66. The molecule has 0 aromatic heterocycles. The summed E-state index contributed by atoms with van der Waals surface area (Å²) in [5.41, 5.74) is 7.62. The maximum atomic E-state index is 9.12. The molecule has 0 unspecified atom stereocenters. The van der Waals surface area contributed by atoms with Crippen molar-refractivity contribution in [3.05, 3.63) is 33.9 Å². The van der Waals surface area contributed by atoms with Gasteiger partial charge in [0.2, 0.25) is 0 Å². The Morgan fingerprint density at radius 1 is 1.32 bits per heavy atom. The molecule has 1 aromatic rings. The second-order valence-electron chi connectivity index (χ2n) is 6.03. The number of rotatable bonds is 2. The Kier molecular flexibility index (Phi) is 5.12. The normalized spacial score (nSPS) is 15.4. The monoisotopic (exact) mass is 264 g/mol. The molecule has 0 atom stereocenters. The molecule has 0 spiro atoms. The summed E-state index contributed by atoms with van der Waals surface area (Å²) in [6.45, 7) is 9.08. The van der Waals surface area contributed by atoms with E-state index < -0.39 is 0 Å². The van der Waals surface area contributed by atoms with E-state index in [-0.39, 0.29) is 13.1 Å². The lowest BCUT2D eigenvalue weighted by molar-refractivity contribution is -0.122. The van der Waals surface area contributed by atoms with Crippen LogP contribution in [0, 0.1) is 19.3 Å². The van der Waals surface area contributed by atoms with Crippen LogP contribution in [0.5, 0.6) is 0 Å². The minimum absolute atomic E-state index is 0.250. The van der Waals surface area contributed by atoms with Crippen molar-refractivity contribution in [2.75, 3.05) is 6.61 Å². The second kappa shape index (κ2) is 6.20. The minimum Gasteiger partial charge on any atom is -0.483 e. The van der Waals surface area contributed by atoms with E-state index in [4.69, 9.17) is 15.0 Å². The zero-order valence-electron chi connectivity index (χ0n) is 12.3. The lowest BCUT2D eigenvalue weighted by Crippen LogP contribution is -2.09. The molecule has 19 heavy (non-hydrogen) atoms. The van der Waals surface area contributed by atoms with E-state index in [1.54, 1.807) is 5.56 Å². The van der Waals surface area contributed by atoms with Gasteiger partial charge in [-0.3, -0.25) is 4.79 Å². The number of aryl methyl sites for hydroxylation is 1. The van der Waals surface area contributed by atoms with Gasteiger partial charge in [-0.2, -0.15) is 0 Å². The molecule has 1 aromatic carbocycles. The van der Waals surface area contributed by atoms with Crippen molar-refractivity contribution in [1.82, 2.24) is 0 Å². The maximum absolute atomic E-state index is 9.12. The number of carboxylic acid groups (broad SMARTS) is 1. The molecule has 1 aliphatic carbocycles. The third kappa shape index (κ3) is 3.57. The first-order valence-corrected chi connectivity index (χ1v) is 6.66. The van der Waals surface area contributed by atoms with Crippen molar-refractivity contribution < 1.29 is 15.0 Å². The van der Waals surface area contributed by atoms with Crippen LogP contribution in [-0.4, -0.2) is 23.3 Å². The van der Waals surface area contributed by atoms with Gasteiger partial charge in [0.05, 0.1) is 0 Å². The molecular weight excluding hydrogens is 240 g/mol. The van der Waals surface area contributed by atoms with Gasteiger partial charge in [-0.05, 0) is 66.3 Å². The van der Waals surface area contributed by atoms with Gasteiger partial charge in [0.15, 0.2) is 0 Å². The number of carbonyl (C=O) groups is 1. The van der Waals surface area contributed by atoms with Gasteiger partial charge < -0.3 is 10.2 Å². The molecule has 2 N–H and O–H groups in total. The van der Waals surface area contributed by atoms with Gasteiger partial charge in [-0.1, -0.05) is 19.9 Å². The molecule has 0 saturated carbocycles. The van der Waals surface area contributed by atoms with Gasteiger partial charge in [0, 0.05) is 6.61 Å². The largest absolute Gasteiger partial charge is 0.483 e. The fraction of sp³-hybridized carbons (Fsp3) is 0.562. The molecule has 0 bridgehead atoms. The van der Waals surface area contributed by atoms with E-state index >= 15 is 0 Å². The van der Waals surface area contributed by atoms with Crippen LogP contribution in [0.3, 0.4) is 0 Å². The standard InChI is InChI=1S/C15H22O.CH2O2/c1-10-7-12-8-15(3,4)9-14(12)11(2)13(10)5-6-16;2-1-3/h7,16H,5-6,8-9H2,1-4H3;1H,(H,2,3). The molecule has 3 nitrogen and oxygen atoms in total. The molecule has 1 aliphatic rings. The van der Waals surface area contributed by atoms with Crippen molar-refractivity contribution in [3.63, 3.8) is 0 Å². The van der Waals surface area contributed by atoms with E-state index in [0.29, 0.717) is 5.41 Å². The maximum Gasteiger partial charge on any atom is 0.290 e. The minimum atomic E-state index is -0.250. The third-order valence-corrected chi connectivity index (χ3v) is 3.85. The molecular formula is C16H24O3. The van der Waals surface area contributed by atoms with E-state index in [9.17, 15) is 0 Å². The Labute approximate surface area is 115 Å². The Morgan fingerprint density at radius 2 is 1.89 bits per heavy atom. The summed E-state index contributed by atoms with van der Waals surface area (Å²) >= 11 is 0. The summed E-state index contributed by atoms with van der Waals surface area (Å²) in [6, 6.07) is 2.34. The highest BCUT2D eigenvalue weighted by molar-refractivity contribution is 5.48. The summed E-state index contributed by atoms with van der Waals surface area (Å²) < 4.78 is 0. The fourth-order valence-corrected chi connectivity index (χ4v) is 3.11. The molecule has 106 valence electrons. The van der Waals surface area contributed by atoms with Crippen molar-refractivity contribution in [1.29, 1.82) is 0 Å². The number of benzene rings is 1. The predicted molar refractivity (Wildman–Crippen MR) is 76.6 cm³/mol. The zero-order chi connectivity index (χ0) is 14.6. The average molecular weight is 264 g/mol. The van der Waals surface area contributed by atoms with Crippen LogP contribution in [0.15, 0.2) is 6.07 Å². The van der Waals surface area contributed by atoms with Crippen molar-refractivity contribution in [2.45, 2.75) is 47.0 Å². The van der Waals surface area contributed by atoms with Crippen LogP contribution >= 0.6 is 0 Å². The molecule has 0 aliphatic heterocycles. The molecule has 2 rings (SSSR count). The number of aliphatic hydroxyl groups excluding tert-OH is 1. The van der Waals surface area contributed by atoms with Crippen molar-refractivity contribution in [3.8, 4) is 0 Å². The fourth-order valence-electron chi connectivity index (χ4n) is 3.11. The SMILES string of the molecule is Cc1cc2c(c(C)c1CCO)CC(C)(C)C2.O=CO. The van der Waals surface area contributed by atoms with Gasteiger partial charge in [-0.25, -0.2) is 0 Å². The lowest BCUT2D eigenvalue weighted by atomic mass is 9.89. The molecule has 0 amide bonds. The van der Waals surface area contributed by atoms with Gasteiger partial charge in [-0.15, -0.1) is 0 Å². The smallest absolute Gasteiger partial charge is 0.290 e. The number of hydrogen-bond acceptors (Lipinski definition) is 2. The van der Waals surface area contributed by atoms with Crippen LogP contribution in [0.4, 0.5) is 0 Å². The van der Waals surface area contributed by atoms with Crippen LogP contribution < -0.4 is 0 Å². The quantitative estimate of drug-likeness (QED) is 0.807. The first kappa shape index (κ1) is 15.7. The van der Waals surface area contributed by atoms with Crippen LogP contribution in [0.25, 0.3) is 0 Å². The molecule has 0 radical (unpaired) electrons. The Morgan fingerprint density at radius 3 is 2.42 bits per heavy atom. The van der Waals surface area contributed by atoms with Crippen LogP contribution in [0.2, 0.25) is 0 Å². The van der Waals surface area contributed by atoms with E-state index in [1.807, 2.05) is 0 Å². The first-order chi connectivity index (χ1) is 8.86. The molecule has 0 fully saturated rings. The number of aliphatic hydroxyl groups is 1. The Bertz CT molecular complexity index is 462. The van der Waals surface area contributed by atoms with E-state index in [1.165, 1.54) is 35.1 Å². The van der Waals surface area contributed by atoms with E-state index in [0.717, 1.165) is 6.42 Å². The average Bonchev–Trinajstić information content (AvgIpc) is 2.60. The molecule has 0 heterocycles. The second-order valence-corrected chi connectivity index (χ2v) is 6.03. The summed E-state index contributed by atoms with van der Waals surface area (Å²) in [5.74, 6) is 0. The molecule has 3 heteroatoms. The summed E-state index contributed by atoms with van der Waals surface area (Å²) in [6.07, 6.45) is 3.18. The highest BCUT2D eigenvalue weighted by Crippen LogP contribution is 2.39. The van der Waals surface area contributed by atoms with Crippen LogP contribution in [-0.2, 0) is 24.1 Å². The van der Waals surface area contributed by atoms with Crippen molar-refractivity contribution >= 4 is 6.47 Å². The van der Waals surface area contributed by atoms with Gasteiger partial charge in [0.25, 0.3) is 6.47 Å². The van der Waals surface area contributed by atoms with Gasteiger partial charge >= 0.3 is 0 Å². The summed E-state index contributed by atoms with van der Waals surface area (Å²) in [5, 5.41) is 16.0. The zero-order valence-corrected chi connectivity index (χ0v) is 12.3.